The fraction of sp³-hybridized carbons (Fsp3) is 0.231. The number of ether oxygens (including phenoxy) is 1. The Balaban J connectivity index is 2.45. The van der Waals surface area contributed by atoms with Gasteiger partial charge in [0.05, 0.1) is 7.11 Å². The zero-order valence-corrected chi connectivity index (χ0v) is 9.40. The Kier molecular flexibility index (Phi) is 2.95. The van der Waals surface area contributed by atoms with Gasteiger partial charge in [0.25, 0.3) is 0 Å². The van der Waals surface area contributed by atoms with Gasteiger partial charge in [-0.1, -0.05) is 0 Å². The Bertz CT molecular complexity index is 490. The zero-order valence-electron chi connectivity index (χ0n) is 9.40. The number of nitrogens with zero attached hydrogens (tertiary/aromatic N) is 1. The lowest BCUT2D eigenvalue weighted by Gasteiger charge is -2.08. The average molecular weight is 219 g/mol. The van der Waals surface area contributed by atoms with E-state index in [0.29, 0.717) is 0 Å². The highest BCUT2D eigenvalue weighted by molar-refractivity contribution is 5.61. The number of aryl methyl sites for hydroxylation is 1. The summed E-state index contributed by atoms with van der Waals surface area (Å²) < 4.78 is 20.5. The van der Waals surface area contributed by atoms with Crippen LogP contribution in [0, 0.1) is 5.82 Å². The normalized spacial score (nSPS) is 10.4. The fourth-order valence-electron chi connectivity index (χ4n) is 1.78. The van der Waals surface area contributed by atoms with Crippen LogP contribution in [0.5, 0.6) is 5.75 Å². The molecule has 3 heteroatoms. The lowest BCUT2D eigenvalue weighted by Crippen LogP contribution is -1.95. The molecule has 0 aliphatic rings. The van der Waals surface area contributed by atoms with Crippen LogP contribution in [0.1, 0.15) is 6.92 Å². The standard InChI is InChI=1S/C13H14FNO/c1-3-15-8-4-5-12(15)10-6-7-13(16-2)11(14)9-10/h4-9H,3H2,1-2H3. The van der Waals surface area contributed by atoms with Crippen LogP contribution in [0.3, 0.4) is 0 Å². The monoisotopic (exact) mass is 219 g/mol. The third-order valence-corrected chi connectivity index (χ3v) is 2.62. The van der Waals surface area contributed by atoms with Crippen LogP contribution >= 0.6 is 0 Å². The van der Waals surface area contributed by atoms with Gasteiger partial charge >= 0.3 is 0 Å². The second-order valence-electron chi connectivity index (χ2n) is 3.53. The summed E-state index contributed by atoms with van der Waals surface area (Å²) in [5.41, 5.74) is 1.88. The van der Waals surface area contributed by atoms with Gasteiger partial charge in [0.15, 0.2) is 11.6 Å². The van der Waals surface area contributed by atoms with Gasteiger partial charge in [-0.15, -0.1) is 0 Å². The van der Waals surface area contributed by atoms with Gasteiger partial charge in [-0.3, -0.25) is 0 Å². The maximum atomic E-state index is 13.5. The second kappa shape index (κ2) is 4.39. The molecule has 0 saturated heterocycles. The van der Waals surface area contributed by atoms with E-state index in [4.69, 9.17) is 4.74 Å². The average Bonchev–Trinajstić information content (AvgIpc) is 2.77. The van der Waals surface area contributed by atoms with Crippen molar-refractivity contribution in [2.75, 3.05) is 7.11 Å². The van der Waals surface area contributed by atoms with Gasteiger partial charge < -0.3 is 9.30 Å². The minimum Gasteiger partial charge on any atom is -0.494 e. The van der Waals surface area contributed by atoms with Crippen LogP contribution in [0.2, 0.25) is 0 Å². The van der Waals surface area contributed by atoms with E-state index in [1.54, 1.807) is 6.07 Å². The predicted molar refractivity (Wildman–Crippen MR) is 62.1 cm³/mol. The van der Waals surface area contributed by atoms with E-state index in [9.17, 15) is 4.39 Å². The Morgan fingerprint density at radius 3 is 2.75 bits per heavy atom. The first-order chi connectivity index (χ1) is 7.76. The molecule has 1 aromatic carbocycles. The number of rotatable bonds is 3. The van der Waals surface area contributed by atoms with Gasteiger partial charge in [0.1, 0.15) is 0 Å². The molecule has 0 N–H and O–H groups in total. The van der Waals surface area contributed by atoms with Crippen molar-refractivity contribution in [2.24, 2.45) is 0 Å². The molecule has 1 heterocycles. The molecular weight excluding hydrogens is 205 g/mol. The molecule has 16 heavy (non-hydrogen) atoms. The van der Waals surface area contributed by atoms with Gasteiger partial charge in [-0.05, 0) is 37.3 Å². The summed E-state index contributed by atoms with van der Waals surface area (Å²) in [5.74, 6) is -0.0535. The summed E-state index contributed by atoms with van der Waals surface area (Å²) in [6.45, 7) is 2.93. The lowest BCUT2D eigenvalue weighted by atomic mass is 10.1. The quantitative estimate of drug-likeness (QED) is 0.772. The summed E-state index contributed by atoms with van der Waals surface area (Å²) >= 11 is 0. The van der Waals surface area contributed by atoms with E-state index in [-0.39, 0.29) is 11.6 Å². The van der Waals surface area contributed by atoms with Crippen LogP contribution in [0.15, 0.2) is 36.5 Å². The minimum atomic E-state index is -0.330. The van der Waals surface area contributed by atoms with Crippen LogP contribution in [0.25, 0.3) is 11.3 Å². The molecule has 0 aliphatic heterocycles. The maximum Gasteiger partial charge on any atom is 0.165 e. The zero-order chi connectivity index (χ0) is 11.5. The molecule has 0 amide bonds. The van der Waals surface area contributed by atoms with Crippen molar-refractivity contribution in [3.8, 4) is 17.0 Å². The molecule has 2 nitrogen and oxygen atoms in total. The van der Waals surface area contributed by atoms with Crippen LogP contribution in [-0.4, -0.2) is 11.7 Å². The number of halogens is 1. The van der Waals surface area contributed by atoms with Crippen molar-refractivity contribution >= 4 is 0 Å². The molecule has 0 radical (unpaired) electrons. The summed E-state index contributed by atoms with van der Waals surface area (Å²) in [7, 11) is 1.47. The highest BCUT2D eigenvalue weighted by atomic mass is 19.1. The first-order valence-corrected chi connectivity index (χ1v) is 5.25. The summed E-state index contributed by atoms with van der Waals surface area (Å²) in [6, 6.07) is 8.95. The number of hydrogen-bond donors (Lipinski definition) is 0. The van der Waals surface area contributed by atoms with Crippen molar-refractivity contribution in [3.05, 3.63) is 42.3 Å². The van der Waals surface area contributed by atoms with E-state index in [1.165, 1.54) is 13.2 Å². The van der Waals surface area contributed by atoms with Crippen molar-refractivity contribution in [1.29, 1.82) is 0 Å². The van der Waals surface area contributed by atoms with Gasteiger partial charge in [-0.25, -0.2) is 4.39 Å². The lowest BCUT2D eigenvalue weighted by molar-refractivity contribution is 0.386. The van der Waals surface area contributed by atoms with E-state index < -0.39 is 0 Å². The molecule has 0 fully saturated rings. The first-order valence-electron chi connectivity index (χ1n) is 5.25. The number of aromatic nitrogens is 1. The minimum absolute atomic E-state index is 0.276. The molecule has 0 aliphatic carbocycles. The molecule has 0 bridgehead atoms. The highest BCUT2D eigenvalue weighted by Gasteiger charge is 2.07. The maximum absolute atomic E-state index is 13.5. The molecule has 1 aromatic heterocycles. The van der Waals surface area contributed by atoms with Crippen molar-refractivity contribution in [3.63, 3.8) is 0 Å². The molecular formula is C13H14FNO. The van der Waals surface area contributed by atoms with Crippen LogP contribution < -0.4 is 4.74 Å². The largest absolute Gasteiger partial charge is 0.494 e. The van der Waals surface area contributed by atoms with E-state index in [1.807, 2.05) is 24.4 Å². The fourth-order valence-corrected chi connectivity index (χ4v) is 1.78. The van der Waals surface area contributed by atoms with Gasteiger partial charge in [0.2, 0.25) is 0 Å². The molecule has 2 rings (SSSR count). The van der Waals surface area contributed by atoms with Gasteiger partial charge in [-0.2, -0.15) is 0 Å². The Hall–Kier alpha value is -1.77. The number of methoxy groups -OCH3 is 1. The molecule has 84 valence electrons. The molecule has 2 aromatic rings. The molecule has 0 atom stereocenters. The first kappa shape index (κ1) is 10.7. The predicted octanol–water partition coefficient (Wildman–Crippen LogP) is 3.32. The highest BCUT2D eigenvalue weighted by Crippen LogP contribution is 2.25. The SMILES string of the molecule is CCn1cccc1-c1ccc(OC)c(F)c1. The summed E-state index contributed by atoms with van der Waals surface area (Å²) in [5, 5.41) is 0. The van der Waals surface area contributed by atoms with Crippen molar-refractivity contribution in [2.45, 2.75) is 13.5 Å². The Labute approximate surface area is 94.3 Å². The van der Waals surface area contributed by atoms with Crippen molar-refractivity contribution in [1.82, 2.24) is 4.57 Å². The molecule has 0 saturated carbocycles. The third kappa shape index (κ3) is 1.81. The Morgan fingerprint density at radius 1 is 1.31 bits per heavy atom. The number of hydrogen-bond acceptors (Lipinski definition) is 1. The molecule has 0 unspecified atom stereocenters. The van der Waals surface area contributed by atoms with E-state index in [2.05, 4.69) is 11.5 Å². The van der Waals surface area contributed by atoms with Crippen LogP contribution in [0.4, 0.5) is 4.39 Å². The number of benzene rings is 1. The van der Waals surface area contributed by atoms with E-state index >= 15 is 0 Å². The summed E-state index contributed by atoms with van der Waals surface area (Å²) in [6.07, 6.45) is 1.98. The second-order valence-corrected chi connectivity index (χ2v) is 3.53. The summed E-state index contributed by atoms with van der Waals surface area (Å²) in [4.78, 5) is 0. The third-order valence-electron chi connectivity index (χ3n) is 2.62. The Morgan fingerprint density at radius 2 is 2.12 bits per heavy atom. The molecule has 0 spiro atoms. The smallest absolute Gasteiger partial charge is 0.165 e. The van der Waals surface area contributed by atoms with E-state index in [0.717, 1.165) is 17.8 Å². The topological polar surface area (TPSA) is 14.2 Å². The van der Waals surface area contributed by atoms with Gasteiger partial charge in [0, 0.05) is 24.0 Å². The van der Waals surface area contributed by atoms with Crippen LogP contribution in [-0.2, 0) is 6.54 Å². The van der Waals surface area contributed by atoms with Crippen molar-refractivity contribution < 1.29 is 9.13 Å².